The van der Waals surface area contributed by atoms with Gasteiger partial charge in [-0.25, -0.2) is 4.98 Å². The summed E-state index contributed by atoms with van der Waals surface area (Å²) in [5.41, 5.74) is 2.68. The van der Waals surface area contributed by atoms with Crippen molar-refractivity contribution in [2.75, 3.05) is 13.2 Å². The van der Waals surface area contributed by atoms with Crippen molar-refractivity contribution in [3.63, 3.8) is 0 Å². The van der Waals surface area contributed by atoms with Crippen molar-refractivity contribution in [1.82, 2.24) is 10.3 Å². The van der Waals surface area contributed by atoms with E-state index in [1.165, 1.54) is 16.1 Å². The van der Waals surface area contributed by atoms with Gasteiger partial charge in [0.1, 0.15) is 5.75 Å². The zero-order valence-corrected chi connectivity index (χ0v) is 11.9. The SMILES string of the molecule is CC(NCCc1nccs1)c1ccc2c(c1)CCO2. The van der Waals surface area contributed by atoms with E-state index in [9.17, 15) is 0 Å². The van der Waals surface area contributed by atoms with Crippen LogP contribution in [0.2, 0.25) is 0 Å². The third-order valence-corrected chi connectivity index (χ3v) is 4.33. The highest BCUT2D eigenvalue weighted by Gasteiger charge is 2.14. The van der Waals surface area contributed by atoms with Crippen molar-refractivity contribution in [2.24, 2.45) is 0 Å². The Morgan fingerprint density at radius 1 is 1.47 bits per heavy atom. The summed E-state index contributed by atoms with van der Waals surface area (Å²) in [5.74, 6) is 1.05. The average Bonchev–Trinajstić information content (AvgIpc) is 3.08. The molecule has 3 rings (SSSR count). The number of benzene rings is 1. The van der Waals surface area contributed by atoms with Crippen molar-refractivity contribution < 1.29 is 4.74 Å². The molecular weight excluding hydrogens is 256 g/mol. The van der Waals surface area contributed by atoms with E-state index < -0.39 is 0 Å². The average molecular weight is 274 g/mol. The highest BCUT2D eigenvalue weighted by molar-refractivity contribution is 7.09. The van der Waals surface area contributed by atoms with Gasteiger partial charge in [-0.15, -0.1) is 11.3 Å². The highest BCUT2D eigenvalue weighted by atomic mass is 32.1. The van der Waals surface area contributed by atoms with Gasteiger partial charge in [0.15, 0.2) is 0 Å². The molecule has 1 aliphatic rings. The van der Waals surface area contributed by atoms with E-state index >= 15 is 0 Å². The minimum absolute atomic E-state index is 0.367. The Morgan fingerprint density at radius 2 is 2.42 bits per heavy atom. The number of hydrogen-bond acceptors (Lipinski definition) is 4. The van der Waals surface area contributed by atoms with Crippen LogP contribution in [0.15, 0.2) is 29.8 Å². The van der Waals surface area contributed by atoms with Gasteiger partial charge in [0.2, 0.25) is 0 Å². The summed E-state index contributed by atoms with van der Waals surface area (Å²) >= 11 is 1.72. The quantitative estimate of drug-likeness (QED) is 0.910. The summed E-state index contributed by atoms with van der Waals surface area (Å²) in [6, 6.07) is 6.89. The van der Waals surface area contributed by atoms with E-state index in [1.54, 1.807) is 11.3 Å². The van der Waals surface area contributed by atoms with Crippen LogP contribution in [0.3, 0.4) is 0 Å². The summed E-state index contributed by atoms with van der Waals surface area (Å²) < 4.78 is 5.54. The molecule has 2 aromatic rings. The van der Waals surface area contributed by atoms with Crippen molar-refractivity contribution >= 4 is 11.3 Å². The minimum atomic E-state index is 0.367. The predicted molar refractivity (Wildman–Crippen MR) is 77.9 cm³/mol. The number of thiazole rings is 1. The first-order chi connectivity index (χ1) is 9.33. The van der Waals surface area contributed by atoms with Crippen LogP contribution in [0.1, 0.15) is 29.1 Å². The normalized spacial score (nSPS) is 15.0. The second-order valence-electron chi connectivity index (χ2n) is 4.82. The Bertz CT molecular complexity index is 539. The first-order valence-electron chi connectivity index (χ1n) is 6.70. The predicted octanol–water partition coefficient (Wildman–Crippen LogP) is 2.97. The summed E-state index contributed by atoms with van der Waals surface area (Å²) in [6.45, 7) is 3.99. The molecule has 19 heavy (non-hydrogen) atoms. The maximum Gasteiger partial charge on any atom is 0.122 e. The highest BCUT2D eigenvalue weighted by Crippen LogP contribution is 2.28. The molecule has 0 bridgehead atoms. The maximum atomic E-state index is 5.54. The fourth-order valence-electron chi connectivity index (χ4n) is 2.37. The number of rotatable bonds is 5. The van der Waals surface area contributed by atoms with Crippen LogP contribution < -0.4 is 10.1 Å². The van der Waals surface area contributed by atoms with Crippen LogP contribution in [0, 0.1) is 0 Å². The van der Waals surface area contributed by atoms with Crippen LogP contribution in [0.5, 0.6) is 5.75 Å². The first kappa shape index (κ1) is 12.6. The molecular formula is C15H18N2OS. The Balaban J connectivity index is 1.56. The number of hydrogen-bond donors (Lipinski definition) is 1. The molecule has 100 valence electrons. The number of nitrogens with one attached hydrogen (secondary N) is 1. The summed E-state index contributed by atoms with van der Waals surface area (Å²) in [4.78, 5) is 4.30. The van der Waals surface area contributed by atoms with Crippen LogP contribution in [0.4, 0.5) is 0 Å². The fourth-order valence-corrected chi connectivity index (χ4v) is 2.99. The fraction of sp³-hybridized carbons (Fsp3) is 0.400. The smallest absolute Gasteiger partial charge is 0.122 e. The van der Waals surface area contributed by atoms with Gasteiger partial charge < -0.3 is 10.1 Å². The third-order valence-electron chi connectivity index (χ3n) is 3.49. The molecule has 1 N–H and O–H groups in total. The molecule has 1 aromatic heterocycles. The van der Waals surface area contributed by atoms with Crippen LogP contribution >= 0.6 is 11.3 Å². The standard InChI is InChI=1S/C15H18N2OS/c1-11(16-6-4-15-17-7-9-19-15)12-2-3-14-13(10-12)5-8-18-14/h2-3,7,9-11,16H,4-6,8H2,1H3. The lowest BCUT2D eigenvalue weighted by Crippen LogP contribution is -2.21. The molecule has 0 spiro atoms. The van der Waals surface area contributed by atoms with Crippen LogP contribution in [0.25, 0.3) is 0 Å². The van der Waals surface area contributed by atoms with Gasteiger partial charge in [-0.2, -0.15) is 0 Å². The van der Waals surface area contributed by atoms with E-state index in [0.29, 0.717) is 6.04 Å². The van der Waals surface area contributed by atoms with Gasteiger partial charge in [0.25, 0.3) is 0 Å². The molecule has 0 fully saturated rings. The lowest BCUT2D eigenvalue weighted by Gasteiger charge is -2.14. The second kappa shape index (κ2) is 5.72. The molecule has 2 heterocycles. The number of ether oxygens (including phenoxy) is 1. The Hall–Kier alpha value is -1.39. The number of aromatic nitrogens is 1. The maximum absolute atomic E-state index is 5.54. The van der Waals surface area contributed by atoms with Crippen molar-refractivity contribution in [1.29, 1.82) is 0 Å². The van der Waals surface area contributed by atoms with Gasteiger partial charge >= 0.3 is 0 Å². The van der Waals surface area contributed by atoms with Gasteiger partial charge in [-0.3, -0.25) is 0 Å². The Morgan fingerprint density at radius 3 is 3.26 bits per heavy atom. The molecule has 1 atom stereocenters. The molecule has 1 unspecified atom stereocenters. The monoisotopic (exact) mass is 274 g/mol. The van der Waals surface area contributed by atoms with Gasteiger partial charge in [-0.1, -0.05) is 12.1 Å². The van der Waals surface area contributed by atoms with Crippen molar-refractivity contribution in [3.8, 4) is 5.75 Å². The molecule has 1 aromatic carbocycles. The summed E-state index contributed by atoms with van der Waals surface area (Å²) in [6.07, 6.45) is 3.90. The molecule has 1 aliphatic heterocycles. The third kappa shape index (κ3) is 2.96. The zero-order chi connectivity index (χ0) is 13.1. The van der Waals surface area contributed by atoms with E-state index in [2.05, 4.69) is 35.4 Å². The first-order valence-corrected chi connectivity index (χ1v) is 7.58. The van der Waals surface area contributed by atoms with Crippen molar-refractivity contribution in [2.45, 2.75) is 25.8 Å². The van der Waals surface area contributed by atoms with E-state index in [-0.39, 0.29) is 0 Å². The molecule has 4 heteroatoms. The van der Waals surface area contributed by atoms with Crippen molar-refractivity contribution in [3.05, 3.63) is 45.9 Å². The topological polar surface area (TPSA) is 34.2 Å². The minimum Gasteiger partial charge on any atom is -0.493 e. The van der Waals surface area contributed by atoms with Gasteiger partial charge in [0.05, 0.1) is 11.6 Å². The lowest BCUT2D eigenvalue weighted by atomic mass is 10.0. The van der Waals surface area contributed by atoms with E-state index in [1.807, 2.05) is 11.6 Å². The largest absolute Gasteiger partial charge is 0.493 e. The van der Waals surface area contributed by atoms with Crippen LogP contribution in [-0.4, -0.2) is 18.1 Å². The summed E-state index contributed by atoms with van der Waals surface area (Å²) in [5, 5.41) is 6.78. The Kier molecular flexibility index (Phi) is 3.80. The molecule has 0 saturated carbocycles. The molecule has 0 amide bonds. The molecule has 0 aliphatic carbocycles. The van der Waals surface area contributed by atoms with Gasteiger partial charge in [0, 0.05) is 37.0 Å². The summed E-state index contributed by atoms with van der Waals surface area (Å²) in [7, 11) is 0. The molecule has 0 radical (unpaired) electrons. The second-order valence-corrected chi connectivity index (χ2v) is 5.80. The molecule has 0 saturated heterocycles. The van der Waals surface area contributed by atoms with Gasteiger partial charge in [-0.05, 0) is 24.1 Å². The van der Waals surface area contributed by atoms with Crippen LogP contribution in [-0.2, 0) is 12.8 Å². The Labute approximate surface area is 117 Å². The number of nitrogens with zero attached hydrogens (tertiary/aromatic N) is 1. The number of fused-ring (bicyclic) bond motifs is 1. The lowest BCUT2D eigenvalue weighted by molar-refractivity contribution is 0.356. The zero-order valence-electron chi connectivity index (χ0n) is 11.1. The van der Waals surface area contributed by atoms with E-state index in [4.69, 9.17) is 4.74 Å². The molecule has 3 nitrogen and oxygen atoms in total. The van der Waals surface area contributed by atoms with E-state index in [0.717, 1.165) is 31.7 Å².